The van der Waals surface area contributed by atoms with Crippen molar-refractivity contribution in [3.63, 3.8) is 0 Å². The highest BCUT2D eigenvalue weighted by molar-refractivity contribution is 5.87. The van der Waals surface area contributed by atoms with Gasteiger partial charge in [-0.2, -0.15) is 0 Å². The molecule has 3 amide bonds. The minimum Gasteiger partial charge on any atom is -0.481 e. The van der Waals surface area contributed by atoms with Crippen LogP contribution in [0.15, 0.2) is 79.3 Å². The number of nitrogens with zero attached hydrogens (tertiary/aromatic N) is 4. The molecule has 5 aromatic rings. The Morgan fingerprint density at radius 1 is 0.793 bits per heavy atom. The van der Waals surface area contributed by atoms with Crippen molar-refractivity contribution in [2.45, 2.75) is 69.7 Å². The number of pyridine rings is 1. The smallest absolute Gasteiger partial charge is 0.407 e. The van der Waals surface area contributed by atoms with Gasteiger partial charge in [-0.05, 0) is 78.7 Å². The summed E-state index contributed by atoms with van der Waals surface area (Å²) in [5, 5.41) is 5.80. The number of hydrogen-bond acceptors (Lipinski definition) is 9. The minimum atomic E-state index is -0.888. The molecule has 1 aliphatic heterocycles. The second-order valence-electron chi connectivity index (χ2n) is 15.6. The van der Waals surface area contributed by atoms with Crippen LogP contribution in [0.3, 0.4) is 0 Å². The summed E-state index contributed by atoms with van der Waals surface area (Å²) in [6.45, 7) is 2.72. The molecule has 2 bridgehead atoms. The van der Waals surface area contributed by atoms with E-state index in [1.165, 1.54) is 14.2 Å². The lowest BCUT2D eigenvalue weighted by atomic mass is 9.78. The molecule has 3 aromatic heterocycles. The number of likely N-dealkylation sites (tertiary alicyclic amines) is 1. The third-order valence-corrected chi connectivity index (χ3v) is 12.3. The number of methoxy groups -OCH3 is 3. The first-order valence-corrected chi connectivity index (χ1v) is 20.0. The zero-order chi connectivity index (χ0) is 40.3. The van der Waals surface area contributed by atoms with E-state index in [2.05, 4.69) is 79.1 Å². The molecule has 7 atom stereocenters. The summed E-state index contributed by atoms with van der Waals surface area (Å²) in [7, 11) is 4.36. The Kier molecular flexibility index (Phi) is 11.3. The van der Waals surface area contributed by atoms with E-state index < -0.39 is 18.2 Å². The number of carbonyl (C=O) groups excluding carboxylic acids is 3. The van der Waals surface area contributed by atoms with E-state index in [-0.39, 0.29) is 29.7 Å². The van der Waals surface area contributed by atoms with E-state index >= 15 is 0 Å². The molecule has 0 spiro atoms. The molecule has 3 fully saturated rings. The normalized spacial score (nSPS) is 22.1. The maximum atomic E-state index is 13.6. The largest absolute Gasteiger partial charge is 0.481 e. The van der Waals surface area contributed by atoms with Crippen LogP contribution in [0.1, 0.15) is 68.2 Å². The van der Waals surface area contributed by atoms with E-state index in [1.807, 2.05) is 12.3 Å². The molecule has 3 unspecified atom stereocenters. The number of hydrogen-bond donors (Lipinski definition) is 4. The number of nitrogens with one attached hydrogen (secondary N) is 4. The van der Waals surface area contributed by atoms with Crippen LogP contribution in [0.5, 0.6) is 5.88 Å². The molecular weight excluding hydrogens is 737 g/mol. The molecule has 1 saturated heterocycles. The lowest BCUT2D eigenvalue weighted by molar-refractivity contribution is -0.137. The Balaban J connectivity index is 0.910. The molecule has 8 rings (SSSR count). The molecule has 4 N–H and O–H groups in total. The van der Waals surface area contributed by atoms with Crippen molar-refractivity contribution < 1.29 is 28.6 Å². The van der Waals surface area contributed by atoms with Crippen molar-refractivity contribution in [2.75, 3.05) is 27.9 Å². The molecule has 58 heavy (non-hydrogen) atoms. The average Bonchev–Trinajstić information content (AvgIpc) is 4.13. The van der Waals surface area contributed by atoms with Crippen molar-refractivity contribution in [3.05, 3.63) is 96.5 Å². The Hall–Kier alpha value is -6.02. The first-order valence-electron chi connectivity index (χ1n) is 20.0. The molecule has 3 aliphatic rings. The zero-order valence-corrected chi connectivity index (χ0v) is 33.2. The number of benzene rings is 2. The summed E-state index contributed by atoms with van der Waals surface area (Å²) < 4.78 is 15.3. The Morgan fingerprint density at radius 2 is 1.43 bits per heavy atom. The number of alkyl carbamates (subject to hydrolysis) is 1. The van der Waals surface area contributed by atoms with E-state index in [4.69, 9.17) is 19.2 Å². The Labute approximate surface area is 337 Å². The summed E-state index contributed by atoms with van der Waals surface area (Å²) >= 11 is 0. The number of fused-ring (bicyclic) bond motifs is 2. The average molecular weight is 787 g/mol. The van der Waals surface area contributed by atoms with E-state index in [0.717, 1.165) is 77.1 Å². The highest BCUT2D eigenvalue weighted by Crippen LogP contribution is 2.56. The molecule has 302 valence electrons. The number of aromatic nitrogens is 5. The third kappa shape index (κ3) is 7.80. The SMILES string of the molecule is COC(=O)N[C@H](C(=O)N1CCC[C@H]1c1ncc(-c2ccc(-c3ccc(-c4cnc(C5C6CCC(C6)[C@@H]5C(=O)NCc5ccc(OC)nc5)[nH]4)cc3)cc2)[nH]1)[C@@H](C)OC. The summed E-state index contributed by atoms with van der Waals surface area (Å²) in [4.78, 5) is 61.8. The molecule has 14 heteroatoms. The Bertz CT molecular complexity index is 2220. The highest BCUT2D eigenvalue weighted by atomic mass is 16.5. The summed E-state index contributed by atoms with van der Waals surface area (Å²) in [6, 6.07) is 19.3. The summed E-state index contributed by atoms with van der Waals surface area (Å²) in [6.07, 6.45) is 9.03. The second-order valence-corrected chi connectivity index (χ2v) is 15.6. The first-order chi connectivity index (χ1) is 28.2. The van der Waals surface area contributed by atoms with Gasteiger partial charge in [0.1, 0.15) is 17.7 Å². The molecule has 2 aliphatic carbocycles. The predicted molar refractivity (Wildman–Crippen MR) is 216 cm³/mol. The number of amides is 3. The summed E-state index contributed by atoms with van der Waals surface area (Å²) in [5.74, 6) is 2.76. The zero-order valence-electron chi connectivity index (χ0n) is 33.2. The van der Waals surface area contributed by atoms with Gasteiger partial charge >= 0.3 is 6.09 Å². The van der Waals surface area contributed by atoms with Crippen LogP contribution in [-0.4, -0.2) is 87.7 Å². The van der Waals surface area contributed by atoms with Crippen molar-refractivity contribution >= 4 is 17.9 Å². The lowest BCUT2D eigenvalue weighted by Crippen LogP contribution is -2.54. The maximum absolute atomic E-state index is 13.6. The van der Waals surface area contributed by atoms with Gasteiger partial charge in [-0.3, -0.25) is 9.59 Å². The van der Waals surface area contributed by atoms with Gasteiger partial charge in [-0.15, -0.1) is 0 Å². The van der Waals surface area contributed by atoms with Gasteiger partial charge in [-0.1, -0.05) is 54.6 Å². The summed E-state index contributed by atoms with van der Waals surface area (Å²) in [5.41, 5.74) is 6.88. The first kappa shape index (κ1) is 38.8. The van der Waals surface area contributed by atoms with E-state index in [1.54, 1.807) is 37.4 Å². The van der Waals surface area contributed by atoms with Crippen LogP contribution >= 0.6 is 0 Å². The number of rotatable bonds is 13. The van der Waals surface area contributed by atoms with Gasteiger partial charge in [0, 0.05) is 38.4 Å². The minimum absolute atomic E-state index is 0.0669. The van der Waals surface area contributed by atoms with Gasteiger partial charge in [0.2, 0.25) is 17.7 Å². The fourth-order valence-electron chi connectivity index (χ4n) is 9.19. The standard InChI is InChI=1S/C44H50N8O6/c1-25(56-2)39(51-44(55)58-4)43(54)52-19-5-6-35(52)40-46-23-33(49-40)29-12-8-27(9-13-29)28-10-14-30(15-11-28)34-24-47-41(50-34)37-31-16-17-32(20-31)38(37)42(53)48-22-26-7-18-36(57-3)45-21-26/h7-15,18,21,23-25,31-32,35,37-39H,5-6,16-17,19-20,22H2,1-4H3,(H,46,49)(H,47,50)(H,48,53)(H,51,55)/t25-,31?,32?,35+,37?,38+,39+/m1/s1. The molecular formula is C44H50N8O6. The monoisotopic (exact) mass is 786 g/mol. The number of imidazole rings is 2. The van der Waals surface area contributed by atoms with Crippen LogP contribution in [0, 0.1) is 17.8 Å². The van der Waals surface area contributed by atoms with Crippen molar-refractivity contribution in [1.82, 2.24) is 40.5 Å². The number of ether oxygens (including phenoxy) is 3. The fourth-order valence-corrected chi connectivity index (χ4v) is 9.19. The van der Waals surface area contributed by atoms with E-state index in [9.17, 15) is 14.4 Å². The second kappa shape index (κ2) is 16.8. The topological polar surface area (TPSA) is 176 Å². The molecule has 2 aromatic carbocycles. The van der Waals surface area contributed by atoms with Crippen molar-refractivity contribution in [2.24, 2.45) is 17.8 Å². The van der Waals surface area contributed by atoms with Crippen molar-refractivity contribution in [1.29, 1.82) is 0 Å². The van der Waals surface area contributed by atoms with Gasteiger partial charge in [0.15, 0.2) is 0 Å². The molecule has 4 heterocycles. The third-order valence-electron chi connectivity index (χ3n) is 12.3. The van der Waals surface area contributed by atoms with Crippen molar-refractivity contribution in [3.8, 4) is 39.5 Å². The number of carbonyl (C=O) groups is 3. The molecule has 0 radical (unpaired) electrons. The van der Waals surface area contributed by atoms with Crippen LogP contribution in [0.4, 0.5) is 4.79 Å². The van der Waals surface area contributed by atoms with Gasteiger partial charge in [0.25, 0.3) is 0 Å². The number of H-pyrrole nitrogens is 2. The van der Waals surface area contributed by atoms with E-state index in [0.29, 0.717) is 36.6 Å². The lowest BCUT2D eigenvalue weighted by Gasteiger charge is -2.30. The van der Waals surface area contributed by atoms with Crippen LogP contribution in [0.2, 0.25) is 0 Å². The van der Waals surface area contributed by atoms with Crippen LogP contribution in [-0.2, 0) is 25.6 Å². The van der Waals surface area contributed by atoms with Gasteiger partial charge in [0.05, 0.1) is 56.1 Å². The number of aromatic amines is 2. The van der Waals surface area contributed by atoms with Crippen LogP contribution in [0.25, 0.3) is 33.6 Å². The molecule has 2 saturated carbocycles. The van der Waals surface area contributed by atoms with Gasteiger partial charge in [-0.25, -0.2) is 19.7 Å². The predicted octanol–water partition coefficient (Wildman–Crippen LogP) is 6.41. The van der Waals surface area contributed by atoms with Crippen LogP contribution < -0.4 is 15.4 Å². The maximum Gasteiger partial charge on any atom is 0.407 e. The Morgan fingerprint density at radius 3 is 2.05 bits per heavy atom. The molecule has 14 nitrogen and oxygen atoms in total. The fraction of sp³-hybridized carbons (Fsp3) is 0.409. The highest BCUT2D eigenvalue weighted by Gasteiger charge is 2.52. The quantitative estimate of drug-likeness (QED) is 0.105. The van der Waals surface area contributed by atoms with Gasteiger partial charge < -0.3 is 39.7 Å².